The van der Waals surface area contributed by atoms with Gasteiger partial charge in [-0.3, -0.25) is 4.79 Å². The minimum atomic E-state index is -1.00. The van der Waals surface area contributed by atoms with Gasteiger partial charge in [-0.15, -0.1) is 0 Å². The van der Waals surface area contributed by atoms with Gasteiger partial charge < -0.3 is 20.0 Å². The Bertz CT molecular complexity index is 343. The Morgan fingerprint density at radius 1 is 1.24 bits per heavy atom. The van der Waals surface area contributed by atoms with E-state index in [2.05, 4.69) is 0 Å². The van der Waals surface area contributed by atoms with E-state index in [0.717, 1.165) is 25.7 Å². The summed E-state index contributed by atoms with van der Waals surface area (Å²) in [4.78, 5) is 26.9. The zero-order chi connectivity index (χ0) is 15.8. The highest BCUT2D eigenvalue weighted by atomic mass is 16.4. The number of rotatable bonds is 7. The molecule has 0 spiro atoms. The highest BCUT2D eigenvalue weighted by Gasteiger charge is 2.31. The fourth-order valence-electron chi connectivity index (χ4n) is 2.88. The standard InChI is InChI=1S/C15H28N2O4/c1-3-12(2)17(11-14(19)20)15(21)16(9-10-18)13-7-5-4-6-8-13/h12-13,18H,3-11H2,1-2H3,(H,19,20). The first-order chi connectivity index (χ1) is 10.0. The van der Waals surface area contributed by atoms with Gasteiger partial charge in [0.05, 0.1) is 6.61 Å². The number of carbonyl (C=O) groups is 2. The van der Waals surface area contributed by atoms with Crippen molar-refractivity contribution in [2.24, 2.45) is 0 Å². The molecule has 0 aliphatic heterocycles. The SMILES string of the molecule is CCC(C)N(CC(=O)O)C(=O)N(CCO)C1CCCCC1. The molecule has 1 unspecified atom stereocenters. The van der Waals surface area contributed by atoms with Crippen molar-refractivity contribution in [2.45, 2.75) is 64.5 Å². The molecule has 6 heteroatoms. The molecule has 1 saturated carbocycles. The van der Waals surface area contributed by atoms with Crippen LogP contribution >= 0.6 is 0 Å². The third-order valence-corrected chi connectivity index (χ3v) is 4.28. The minimum absolute atomic E-state index is 0.0936. The molecule has 1 rings (SSSR count). The lowest BCUT2D eigenvalue weighted by atomic mass is 9.94. The Balaban J connectivity index is 2.85. The van der Waals surface area contributed by atoms with Crippen LogP contribution in [0.15, 0.2) is 0 Å². The zero-order valence-corrected chi connectivity index (χ0v) is 13.1. The zero-order valence-electron chi connectivity index (χ0n) is 13.1. The lowest BCUT2D eigenvalue weighted by Gasteiger charge is -2.39. The summed E-state index contributed by atoms with van der Waals surface area (Å²) in [7, 11) is 0. The lowest BCUT2D eigenvalue weighted by molar-refractivity contribution is -0.138. The van der Waals surface area contributed by atoms with Crippen molar-refractivity contribution in [1.82, 2.24) is 9.80 Å². The molecule has 6 nitrogen and oxygen atoms in total. The van der Waals surface area contributed by atoms with E-state index in [-0.39, 0.29) is 37.8 Å². The largest absolute Gasteiger partial charge is 0.480 e. The molecule has 2 amide bonds. The van der Waals surface area contributed by atoms with Crippen LogP contribution < -0.4 is 0 Å². The molecule has 122 valence electrons. The van der Waals surface area contributed by atoms with Crippen LogP contribution in [0.3, 0.4) is 0 Å². The number of aliphatic hydroxyl groups is 1. The van der Waals surface area contributed by atoms with Gasteiger partial charge in [0.2, 0.25) is 0 Å². The second-order valence-corrected chi connectivity index (χ2v) is 5.77. The summed E-state index contributed by atoms with van der Waals surface area (Å²) in [5.74, 6) is -1.00. The third-order valence-electron chi connectivity index (χ3n) is 4.28. The Morgan fingerprint density at radius 3 is 2.33 bits per heavy atom. The maximum absolute atomic E-state index is 12.7. The summed E-state index contributed by atoms with van der Waals surface area (Å²) in [6, 6.07) is -0.259. The monoisotopic (exact) mass is 300 g/mol. The van der Waals surface area contributed by atoms with E-state index < -0.39 is 5.97 Å². The van der Waals surface area contributed by atoms with Gasteiger partial charge in [0.25, 0.3) is 0 Å². The molecule has 1 atom stereocenters. The molecular weight excluding hydrogens is 272 g/mol. The van der Waals surface area contributed by atoms with Crippen molar-refractivity contribution in [3.05, 3.63) is 0 Å². The van der Waals surface area contributed by atoms with Gasteiger partial charge in [-0.2, -0.15) is 0 Å². The number of carboxylic acids is 1. The predicted molar refractivity (Wildman–Crippen MR) is 80.2 cm³/mol. The van der Waals surface area contributed by atoms with E-state index in [1.807, 2.05) is 13.8 Å². The second kappa shape index (κ2) is 8.87. The normalized spacial score (nSPS) is 17.3. The number of carbonyl (C=O) groups excluding carboxylic acids is 1. The van der Waals surface area contributed by atoms with Gasteiger partial charge in [-0.1, -0.05) is 26.2 Å². The number of aliphatic carboxylic acids is 1. The van der Waals surface area contributed by atoms with E-state index in [0.29, 0.717) is 6.42 Å². The number of hydrogen-bond donors (Lipinski definition) is 2. The highest BCUT2D eigenvalue weighted by Crippen LogP contribution is 2.24. The molecule has 1 aliphatic carbocycles. The van der Waals surface area contributed by atoms with Gasteiger partial charge in [0.15, 0.2) is 0 Å². The maximum Gasteiger partial charge on any atom is 0.323 e. The molecule has 0 heterocycles. The molecule has 1 aliphatic rings. The van der Waals surface area contributed by atoms with Gasteiger partial charge in [-0.25, -0.2) is 4.79 Å². The summed E-state index contributed by atoms with van der Waals surface area (Å²) in [6.45, 7) is 3.69. The van der Waals surface area contributed by atoms with Crippen LogP contribution in [0.25, 0.3) is 0 Å². The second-order valence-electron chi connectivity index (χ2n) is 5.77. The number of nitrogens with zero attached hydrogens (tertiary/aromatic N) is 2. The first-order valence-corrected chi connectivity index (χ1v) is 7.91. The van der Waals surface area contributed by atoms with E-state index in [1.54, 1.807) is 4.90 Å². The Morgan fingerprint density at radius 2 is 1.86 bits per heavy atom. The fraction of sp³-hybridized carbons (Fsp3) is 0.867. The quantitative estimate of drug-likeness (QED) is 0.752. The first kappa shape index (κ1) is 17.8. The summed E-state index contributed by atoms with van der Waals surface area (Å²) < 4.78 is 0. The topological polar surface area (TPSA) is 81.1 Å². The Labute approximate surface area is 126 Å². The molecular formula is C15H28N2O4. The van der Waals surface area contributed by atoms with E-state index in [1.165, 1.54) is 11.3 Å². The van der Waals surface area contributed by atoms with Crippen molar-refractivity contribution in [2.75, 3.05) is 19.7 Å². The van der Waals surface area contributed by atoms with Crippen molar-refractivity contribution in [1.29, 1.82) is 0 Å². The Kier molecular flexibility index (Phi) is 7.50. The molecule has 0 bridgehead atoms. The number of urea groups is 1. The number of amides is 2. The number of hydrogen-bond acceptors (Lipinski definition) is 3. The molecule has 0 saturated heterocycles. The number of aliphatic hydroxyl groups excluding tert-OH is 1. The molecule has 1 fully saturated rings. The fourth-order valence-corrected chi connectivity index (χ4v) is 2.88. The van der Waals surface area contributed by atoms with Crippen LogP contribution in [-0.4, -0.2) is 63.8 Å². The summed E-state index contributed by atoms with van der Waals surface area (Å²) in [5.41, 5.74) is 0. The van der Waals surface area contributed by atoms with Crippen molar-refractivity contribution in [3.63, 3.8) is 0 Å². The van der Waals surface area contributed by atoms with E-state index >= 15 is 0 Å². The van der Waals surface area contributed by atoms with Crippen molar-refractivity contribution >= 4 is 12.0 Å². The summed E-state index contributed by atoms with van der Waals surface area (Å²) in [5, 5.41) is 18.3. The van der Waals surface area contributed by atoms with Crippen LogP contribution in [0, 0.1) is 0 Å². The molecule has 21 heavy (non-hydrogen) atoms. The Hall–Kier alpha value is -1.30. The first-order valence-electron chi connectivity index (χ1n) is 7.91. The average molecular weight is 300 g/mol. The smallest absolute Gasteiger partial charge is 0.323 e. The maximum atomic E-state index is 12.7. The average Bonchev–Trinajstić information content (AvgIpc) is 2.49. The van der Waals surface area contributed by atoms with Crippen LogP contribution in [-0.2, 0) is 4.79 Å². The molecule has 0 aromatic heterocycles. The molecule has 0 aromatic rings. The molecule has 0 radical (unpaired) electrons. The van der Waals surface area contributed by atoms with Crippen molar-refractivity contribution in [3.8, 4) is 0 Å². The summed E-state index contributed by atoms with van der Waals surface area (Å²) >= 11 is 0. The van der Waals surface area contributed by atoms with Crippen LogP contribution in [0.5, 0.6) is 0 Å². The van der Waals surface area contributed by atoms with Crippen LogP contribution in [0.1, 0.15) is 52.4 Å². The minimum Gasteiger partial charge on any atom is -0.480 e. The molecule has 2 N–H and O–H groups in total. The van der Waals surface area contributed by atoms with Gasteiger partial charge in [-0.05, 0) is 26.2 Å². The van der Waals surface area contributed by atoms with Crippen molar-refractivity contribution < 1.29 is 19.8 Å². The van der Waals surface area contributed by atoms with Crippen LogP contribution in [0.2, 0.25) is 0 Å². The van der Waals surface area contributed by atoms with Crippen LogP contribution in [0.4, 0.5) is 4.79 Å². The summed E-state index contributed by atoms with van der Waals surface area (Å²) in [6.07, 6.45) is 5.93. The highest BCUT2D eigenvalue weighted by molar-refractivity contribution is 5.80. The third kappa shape index (κ3) is 5.19. The molecule has 0 aromatic carbocycles. The van der Waals surface area contributed by atoms with Gasteiger partial charge in [0.1, 0.15) is 6.54 Å². The predicted octanol–water partition coefficient (Wildman–Crippen LogP) is 1.92. The van der Waals surface area contributed by atoms with E-state index in [9.17, 15) is 14.7 Å². The van der Waals surface area contributed by atoms with Gasteiger partial charge >= 0.3 is 12.0 Å². The number of carboxylic acid groups (broad SMARTS) is 1. The lowest BCUT2D eigenvalue weighted by Crippen LogP contribution is -2.53. The van der Waals surface area contributed by atoms with E-state index in [4.69, 9.17) is 5.11 Å². The van der Waals surface area contributed by atoms with Gasteiger partial charge in [0, 0.05) is 18.6 Å².